The minimum Gasteiger partial charge on any atom is -0.481 e. The zero-order valence-corrected chi connectivity index (χ0v) is 12.8. The Balaban J connectivity index is 1.89. The molecule has 1 N–H and O–H groups in total. The average molecular weight is 318 g/mol. The van der Waals surface area contributed by atoms with Gasteiger partial charge in [0.1, 0.15) is 12.0 Å². The monoisotopic (exact) mass is 317 g/mol. The number of halogens is 1. The summed E-state index contributed by atoms with van der Waals surface area (Å²) < 4.78 is 5.53. The molecule has 0 bridgehead atoms. The molecule has 1 amide bonds. The van der Waals surface area contributed by atoms with Crippen LogP contribution in [0.3, 0.4) is 0 Å². The number of benzene rings is 2. The number of rotatable bonds is 6. The third kappa shape index (κ3) is 4.33. The van der Waals surface area contributed by atoms with Crippen molar-refractivity contribution < 1.29 is 14.3 Å². The second-order valence-electron chi connectivity index (χ2n) is 4.76. The minimum absolute atomic E-state index is 0.237. The second kappa shape index (κ2) is 7.61. The van der Waals surface area contributed by atoms with Gasteiger partial charge in [-0.25, -0.2) is 0 Å². The van der Waals surface area contributed by atoms with Crippen molar-refractivity contribution in [2.75, 3.05) is 0 Å². The maximum atomic E-state index is 12.0. The Hall–Kier alpha value is -2.33. The lowest BCUT2D eigenvalue weighted by Crippen LogP contribution is -2.35. The molecule has 0 spiro atoms. The van der Waals surface area contributed by atoms with Crippen LogP contribution >= 0.6 is 11.6 Å². The molecule has 0 aliphatic rings. The molecule has 22 heavy (non-hydrogen) atoms. The third-order valence-electron chi connectivity index (χ3n) is 3.11. The van der Waals surface area contributed by atoms with Crippen molar-refractivity contribution in [1.82, 2.24) is 5.32 Å². The van der Waals surface area contributed by atoms with Gasteiger partial charge < -0.3 is 10.1 Å². The van der Waals surface area contributed by atoms with Crippen LogP contribution in [0.25, 0.3) is 0 Å². The van der Waals surface area contributed by atoms with E-state index in [1.165, 1.54) is 0 Å². The first-order valence-corrected chi connectivity index (χ1v) is 7.21. The molecule has 0 saturated carbocycles. The number of hydrogen-bond acceptors (Lipinski definition) is 3. The maximum absolute atomic E-state index is 12.0. The van der Waals surface area contributed by atoms with Crippen molar-refractivity contribution in [1.29, 1.82) is 0 Å². The van der Waals surface area contributed by atoms with E-state index in [0.29, 0.717) is 22.9 Å². The number of carbonyl (C=O) groups excluding carboxylic acids is 2. The Kier molecular flexibility index (Phi) is 5.55. The summed E-state index contributed by atoms with van der Waals surface area (Å²) in [6, 6.07) is 13.9. The molecule has 1 unspecified atom stereocenters. The lowest BCUT2D eigenvalue weighted by Gasteiger charge is -2.15. The van der Waals surface area contributed by atoms with Crippen LogP contribution in [0.15, 0.2) is 48.5 Å². The molecule has 0 aliphatic heterocycles. The Morgan fingerprint density at radius 2 is 1.91 bits per heavy atom. The Bertz CT molecular complexity index is 655. The standard InChI is InChI=1S/C17H16ClNO3/c1-12(22-15-8-6-13(11-20)7-9-15)17(21)19-10-14-4-2-3-5-16(14)18/h2-9,11-12H,10H2,1H3,(H,19,21). The number of ether oxygens (including phenoxy) is 1. The van der Waals surface area contributed by atoms with Gasteiger partial charge >= 0.3 is 0 Å². The Morgan fingerprint density at radius 3 is 2.55 bits per heavy atom. The van der Waals surface area contributed by atoms with Gasteiger partial charge in [0.25, 0.3) is 5.91 Å². The zero-order chi connectivity index (χ0) is 15.9. The van der Waals surface area contributed by atoms with Crippen molar-refractivity contribution >= 4 is 23.8 Å². The predicted octanol–water partition coefficient (Wildman–Crippen LogP) is 3.24. The van der Waals surface area contributed by atoms with E-state index in [9.17, 15) is 9.59 Å². The highest BCUT2D eigenvalue weighted by Gasteiger charge is 2.14. The van der Waals surface area contributed by atoms with Gasteiger partial charge in [0.2, 0.25) is 0 Å². The van der Waals surface area contributed by atoms with E-state index in [1.54, 1.807) is 37.3 Å². The topological polar surface area (TPSA) is 55.4 Å². The zero-order valence-electron chi connectivity index (χ0n) is 12.1. The van der Waals surface area contributed by atoms with E-state index in [2.05, 4.69) is 5.32 Å². The smallest absolute Gasteiger partial charge is 0.261 e. The third-order valence-corrected chi connectivity index (χ3v) is 3.48. The van der Waals surface area contributed by atoms with Gasteiger partial charge in [-0.3, -0.25) is 9.59 Å². The van der Waals surface area contributed by atoms with Crippen molar-refractivity contribution in [3.63, 3.8) is 0 Å². The van der Waals surface area contributed by atoms with E-state index in [1.807, 2.05) is 18.2 Å². The molecule has 0 fully saturated rings. The largest absolute Gasteiger partial charge is 0.481 e. The summed E-state index contributed by atoms with van der Waals surface area (Å²) in [5, 5.41) is 3.39. The van der Waals surface area contributed by atoms with Gasteiger partial charge in [-0.05, 0) is 42.8 Å². The van der Waals surface area contributed by atoms with Gasteiger partial charge in [-0.1, -0.05) is 29.8 Å². The minimum atomic E-state index is -0.649. The first-order chi connectivity index (χ1) is 10.6. The van der Waals surface area contributed by atoms with Crippen LogP contribution in [0.1, 0.15) is 22.8 Å². The number of aldehydes is 1. The fourth-order valence-electron chi connectivity index (χ4n) is 1.85. The van der Waals surface area contributed by atoms with E-state index >= 15 is 0 Å². The summed E-state index contributed by atoms with van der Waals surface area (Å²) in [5.41, 5.74) is 1.41. The summed E-state index contributed by atoms with van der Waals surface area (Å²) in [7, 11) is 0. The molecule has 4 nitrogen and oxygen atoms in total. The molecular formula is C17H16ClNO3. The summed E-state index contributed by atoms with van der Waals surface area (Å²) in [4.78, 5) is 22.6. The van der Waals surface area contributed by atoms with Crippen molar-refractivity contribution in [2.45, 2.75) is 19.6 Å². The predicted molar refractivity (Wildman–Crippen MR) is 85.2 cm³/mol. The van der Waals surface area contributed by atoms with Gasteiger partial charge in [0, 0.05) is 17.1 Å². The molecule has 0 heterocycles. The highest BCUT2D eigenvalue weighted by Crippen LogP contribution is 2.15. The Labute approximate surface area is 134 Å². The van der Waals surface area contributed by atoms with Gasteiger partial charge in [0.15, 0.2) is 6.10 Å². The van der Waals surface area contributed by atoms with Crippen LogP contribution in [0.2, 0.25) is 5.02 Å². The molecule has 2 aromatic rings. The van der Waals surface area contributed by atoms with Gasteiger partial charge in [-0.15, -0.1) is 0 Å². The molecule has 2 rings (SSSR count). The maximum Gasteiger partial charge on any atom is 0.261 e. The summed E-state index contributed by atoms with van der Waals surface area (Å²) in [6.07, 6.45) is 0.105. The number of carbonyl (C=O) groups is 2. The first kappa shape index (κ1) is 16.0. The van der Waals surface area contributed by atoms with Crippen molar-refractivity contribution in [2.24, 2.45) is 0 Å². The lowest BCUT2D eigenvalue weighted by atomic mass is 10.2. The first-order valence-electron chi connectivity index (χ1n) is 6.83. The fourth-order valence-corrected chi connectivity index (χ4v) is 2.05. The van der Waals surface area contributed by atoms with Crippen LogP contribution in [-0.2, 0) is 11.3 Å². The summed E-state index contributed by atoms with van der Waals surface area (Å²) >= 11 is 6.03. The van der Waals surface area contributed by atoms with Crippen molar-refractivity contribution in [3.05, 3.63) is 64.7 Å². The summed E-state index contributed by atoms with van der Waals surface area (Å²) in [6.45, 7) is 2.01. The molecular weight excluding hydrogens is 302 g/mol. The van der Waals surface area contributed by atoms with Crippen LogP contribution in [0.4, 0.5) is 0 Å². The van der Waals surface area contributed by atoms with E-state index in [-0.39, 0.29) is 5.91 Å². The number of nitrogens with one attached hydrogen (secondary N) is 1. The molecule has 0 saturated heterocycles. The van der Waals surface area contributed by atoms with E-state index < -0.39 is 6.10 Å². The van der Waals surface area contributed by atoms with Crippen LogP contribution < -0.4 is 10.1 Å². The van der Waals surface area contributed by atoms with Gasteiger partial charge in [-0.2, -0.15) is 0 Å². The average Bonchev–Trinajstić information content (AvgIpc) is 2.54. The molecule has 1 atom stereocenters. The normalized spacial score (nSPS) is 11.5. The van der Waals surface area contributed by atoms with Crippen molar-refractivity contribution in [3.8, 4) is 5.75 Å². The molecule has 0 aliphatic carbocycles. The van der Waals surface area contributed by atoms with Crippen LogP contribution in [-0.4, -0.2) is 18.3 Å². The molecule has 0 radical (unpaired) electrons. The highest BCUT2D eigenvalue weighted by atomic mass is 35.5. The molecule has 114 valence electrons. The SMILES string of the molecule is CC(Oc1ccc(C=O)cc1)C(=O)NCc1ccccc1Cl. The quantitative estimate of drug-likeness (QED) is 0.832. The number of amides is 1. The van der Waals surface area contributed by atoms with E-state index in [4.69, 9.17) is 16.3 Å². The Morgan fingerprint density at radius 1 is 1.23 bits per heavy atom. The lowest BCUT2D eigenvalue weighted by molar-refractivity contribution is -0.127. The van der Waals surface area contributed by atoms with Gasteiger partial charge in [0.05, 0.1) is 0 Å². The highest BCUT2D eigenvalue weighted by molar-refractivity contribution is 6.31. The van der Waals surface area contributed by atoms with Crippen LogP contribution in [0, 0.1) is 0 Å². The second-order valence-corrected chi connectivity index (χ2v) is 5.16. The summed E-state index contributed by atoms with van der Waals surface area (Å²) in [5.74, 6) is 0.297. The number of hydrogen-bond donors (Lipinski definition) is 1. The fraction of sp³-hybridized carbons (Fsp3) is 0.176. The molecule has 0 aromatic heterocycles. The molecule has 2 aromatic carbocycles. The molecule has 5 heteroatoms. The van der Waals surface area contributed by atoms with Crippen LogP contribution in [0.5, 0.6) is 5.75 Å². The van der Waals surface area contributed by atoms with E-state index in [0.717, 1.165) is 11.8 Å².